The first-order valence-corrected chi connectivity index (χ1v) is 9.01. The van der Waals surface area contributed by atoms with Gasteiger partial charge < -0.3 is 9.47 Å². The van der Waals surface area contributed by atoms with Crippen LogP contribution in [-0.2, 0) is 13.2 Å². The Hall–Kier alpha value is -2.74. The van der Waals surface area contributed by atoms with Gasteiger partial charge in [0.05, 0.1) is 0 Å². The van der Waals surface area contributed by atoms with E-state index in [2.05, 4.69) is 52.0 Å². The third kappa shape index (κ3) is 3.91. The highest BCUT2D eigenvalue weighted by molar-refractivity contribution is 5.57. The van der Waals surface area contributed by atoms with Crippen molar-refractivity contribution in [1.82, 2.24) is 0 Å². The summed E-state index contributed by atoms with van der Waals surface area (Å²) in [6.07, 6.45) is 0. The summed E-state index contributed by atoms with van der Waals surface area (Å²) in [6.45, 7) is 9.58. The number of hydrogen-bond donors (Lipinski definition) is 0. The molecular weight excluding hydrogens is 320 g/mol. The van der Waals surface area contributed by atoms with Gasteiger partial charge in [-0.15, -0.1) is 0 Å². The molecule has 0 bridgehead atoms. The molecular formula is C24H26O2. The maximum atomic E-state index is 6.18. The molecule has 2 heteroatoms. The SMILES string of the molecule is Cc1c(C)c(OCc2ccccc2)c(C)c(C)c1OCc1ccccc1. The average Bonchev–Trinajstić information content (AvgIpc) is 2.68. The Morgan fingerprint density at radius 3 is 1.12 bits per heavy atom. The Morgan fingerprint density at radius 1 is 0.500 bits per heavy atom. The molecule has 0 fully saturated rings. The zero-order valence-electron chi connectivity index (χ0n) is 16.0. The summed E-state index contributed by atoms with van der Waals surface area (Å²) in [5, 5.41) is 0. The Morgan fingerprint density at radius 2 is 0.808 bits per heavy atom. The summed E-state index contributed by atoms with van der Waals surface area (Å²) in [5.41, 5.74) is 6.93. The molecule has 134 valence electrons. The predicted molar refractivity (Wildman–Crippen MR) is 107 cm³/mol. The van der Waals surface area contributed by atoms with Crippen LogP contribution in [0.1, 0.15) is 33.4 Å². The highest BCUT2D eigenvalue weighted by atomic mass is 16.5. The lowest BCUT2D eigenvalue weighted by Gasteiger charge is -2.21. The normalized spacial score (nSPS) is 10.6. The van der Waals surface area contributed by atoms with Gasteiger partial charge in [0, 0.05) is 0 Å². The lowest BCUT2D eigenvalue weighted by molar-refractivity contribution is 0.290. The second-order valence-electron chi connectivity index (χ2n) is 6.71. The van der Waals surface area contributed by atoms with Crippen LogP contribution in [0.5, 0.6) is 11.5 Å². The van der Waals surface area contributed by atoms with Gasteiger partial charge in [-0.2, -0.15) is 0 Å². The van der Waals surface area contributed by atoms with Crippen molar-refractivity contribution in [3.8, 4) is 11.5 Å². The van der Waals surface area contributed by atoms with Crippen LogP contribution >= 0.6 is 0 Å². The second-order valence-corrected chi connectivity index (χ2v) is 6.71. The Labute approximate surface area is 156 Å². The minimum absolute atomic E-state index is 0.575. The molecule has 0 saturated heterocycles. The van der Waals surface area contributed by atoms with Gasteiger partial charge in [-0.25, -0.2) is 0 Å². The van der Waals surface area contributed by atoms with Gasteiger partial charge in [-0.3, -0.25) is 0 Å². The van der Waals surface area contributed by atoms with Crippen LogP contribution in [0.4, 0.5) is 0 Å². The lowest BCUT2D eigenvalue weighted by atomic mass is 9.98. The van der Waals surface area contributed by atoms with E-state index in [0.29, 0.717) is 13.2 Å². The van der Waals surface area contributed by atoms with Gasteiger partial charge in [-0.05, 0) is 61.1 Å². The molecule has 0 aromatic heterocycles. The molecule has 0 atom stereocenters. The summed E-state index contributed by atoms with van der Waals surface area (Å²) in [6, 6.07) is 20.5. The van der Waals surface area contributed by atoms with Crippen LogP contribution in [0, 0.1) is 27.7 Å². The van der Waals surface area contributed by atoms with Crippen LogP contribution in [0.15, 0.2) is 60.7 Å². The van der Waals surface area contributed by atoms with E-state index >= 15 is 0 Å². The molecule has 0 aliphatic rings. The van der Waals surface area contributed by atoms with Crippen LogP contribution < -0.4 is 9.47 Å². The molecule has 2 nitrogen and oxygen atoms in total. The highest BCUT2D eigenvalue weighted by Crippen LogP contribution is 2.38. The van der Waals surface area contributed by atoms with Gasteiger partial charge >= 0.3 is 0 Å². The first kappa shape index (κ1) is 18.1. The summed E-state index contributed by atoms with van der Waals surface area (Å²) in [4.78, 5) is 0. The van der Waals surface area contributed by atoms with Gasteiger partial charge in [0.2, 0.25) is 0 Å². The van der Waals surface area contributed by atoms with Crippen molar-refractivity contribution in [3.05, 3.63) is 94.0 Å². The van der Waals surface area contributed by atoms with Crippen molar-refractivity contribution in [2.75, 3.05) is 0 Å². The van der Waals surface area contributed by atoms with E-state index in [1.807, 2.05) is 36.4 Å². The van der Waals surface area contributed by atoms with E-state index < -0.39 is 0 Å². The molecule has 3 aromatic carbocycles. The molecule has 0 amide bonds. The number of rotatable bonds is 6. The summed E-state index contributed by atoms with van der Waals surface area (Å²) >= 11 is 0. The molecule has 0 aliphatic carbocycles. The van der Waals surface area contributed by atoms with Crippen LogP contribution in [0.25, 0.3) is 0 Å². The molecule has 3 aromatic rings. The minimum Gasteiger partial charge on any atom is -0.488 e. The first-order chi connectivity index (χ1) is 12.6. The van der Waals surface area contributed by atoms with Crippen LogP contribution in [-0.4, -0.2) is 0 Å². The largest absolute Gasteiger partial charge is 0.488 e. The quantitative estimate of drug-likeness (QED) is 0.538. The zero-order valence-corrected chi connectivity index (χ0v) is 16.0. The van der Waals surface area contributed by atoms with Gasteiger partial charge in [0.25, 0.3) is 0 Å². The Kier molecular flexibility index (Phi) is 5.62. The molecule has 0 N–H and O–H groups in total. The monoisotopic (exact) mass is 346 g/mol. The number of hydrogen-bond acceptors (Lipinski definition) is 2. The fourth-order valence-corrected chi connectivity index (χ4v) is 3.14. The molecule has 0 aliphatic heterocycles. The molecule has 3 rings (SSSR count). The van der Waals surface area contributed by atoms with Crippen LogP contribution in [0.3, 0.4) is 0 Å². The predicted octanol–water partition coefficient (Wildman–Crippen LogP) is 6.08. The summed E-state index contributed by atoms with van der Waals surface area (Å²) in [5.74, 6) is 1.94. The van der Waals surface area contributed by atoms with Crippen molar-refractivity contribution < 1.29 is 9.47 Å². The zero-order chi connectivity index (χ0) is 18.5. The smallest absolute Gasteiger partial charge is 0.126 e. The highest BCUT2D eigenvalue weighted by Gasteiger charge is 2.17. The maximum absolute atomic E-state index is 6.18. The fraction of sp³-hybridized carbons (Fsp3) is 0.250. The molecule has 26 heavy (non-hydrogen) atoms. The van der Waals surface area contributed by atoms with Crippen molar-refractivity contribution in [3.63, 3.8) is 0 Å². The maximum Gasteiger partial charge on any atom is 0.126 e. The lowest BCUT2D eigenvalue weighted by Crippen LogP contribution is -2.06. The van der Waals surface area contributed by atoms with Crippen molar-refractivity contribution in [2.45, 2.75) is 40.9 Å². The molecule has 0 heterocycles. The van der Waals surface area contributed by atoms with Gasteiger partial charge in [-0.1, -0.05) is 60.7 Å². The molecule has 0 spiro atoms. The van der Waals surface area contributed by atoms with E-state index in [-0.39, 0.29) is 0 Å². The summed E-state index contributed by atoms with van der Waals surface area (Å²) in [7, 11) is 0. The van der Waals surface area contributed by atoms with E-state index in [0.717, 1.165) is 33.8 Å². The standard InChI is InChI=1S/C24H26O2/c1-17-18(2)24(26-16-22-13-9-6-10-14-22)20(4)19(3)23(17)25-15-21-11-7-5-8-12-21/h5-14H,15-16H2,1-4H3. The third-order valence-corrected chi connectivity index (χ3v) is 4.94. The Bertz CT molecular complexity index is 764. The number of benzene rings is 3. The fourth-order valence-electron chi connectivity index (χ4n) is 3.14. The van der Waals surface area contributed by atoms with E-state index in [4.69, 9.17) is 9.47 Å². The topological polar surface area (TPSA) is 18.5 Å². The average molecular weight is 346 g/mol. The summed E-state index contributed by atoms with van der Waals surface area (Å²) < 4.78 is 12.4. The third-order valence-electron chi connectivity index (χ3n) is 4.94. The van der Waals surface area contributed by atoms with E-state index in [1.165, 1.54) is 11.1 Å². The van der Waals surface area contributed by atoms with E-state index in [9.17, 15) is 0 Å². The van der Waals surface area contributed by atoms with Gasteiger partial charge in [0.1, 0.15) is 24.7 Å². The molecule has 0 unspecified atom stereocenters. The van der Waals surface area contributed by atoms with E-state index in [1.54, 1.807) is 0 Å². The van der Waals surface area contributed by atoms with Crippen molar-refractivity contribution >= 4 is 0 Å². The van der Waals surface area contributed by atoms with Crippen molar-refractivity contribution in [2.24, 2.45) is 0 Å². The Balaban J connectivity index is 1.82. The molecule has 0 radical (unpaired) electrons. The van der Waals surface area contributed by atoms with Crippen molar-refractivity contribution in [1.29, 1.82) is 0 Å². The molecule has 0 saturated carbocycles. The van der Waals surface area contributed by atoms with Crippen LogP contribution in [0.2, 0.25) is 0 Å². The number of ether oxygens (including phenoxy) is 2. The first-order valence-electron chi connectivity index (χ1n) is 9.01. The van der Waals surface area contributed by atoms with Gasteiger partial charge in [0.15, 0.2) is 0 Å². The second kappa shape index (κ2) is 8.09. The minimum atomic E-state index is 0.575.